The summed E-state index contributed by atoms with van der Waals surface area (Å²) >= 11 is 1.48. The summed E-state index contributed by atoms with van der Waals surface area (Å²) in [6, 6.07) is 10.1. The molecule has 6 nitrogen and oxygen atoms in total. The van der Waals surface area contributed by atoms with Gasteiger partial charge in [0.2, 0.25) is 0 Å². The number of aromatic nitrogens is 2. The number of rotatable bonds is 9. The molecular weight excluding hydrogens is 452 g/mol. The fourth-order valence-electron chi connectivity index (χ4n) is 3.60. The minimum atomic E-state index is -1.98. The zero-order valence-electron chi connectivity index (χ0n) is 20.9. The van der Waals surface area contributed by atoms with Gasteiger partial charge in [-0.2, -0.15) is 0 Å². The monoisotopic (exact) mass is 488 g/mol. The molecule has 3 aromatic rings. The molecule has 0 fully saturated rings. The maximum atomic E-state index is 13.5. The van der Waals surface area contributed by atoms with Gasteiger partial charge in [0, 0.05) is 18.5 Å². The second-order valence-corrected chi connectivity index (χ2v) is 15.9. The Labute approximate surface area is 200 Å². The maximum absolute atomic E-state index is 13.5. The van der Waals surface area contributed by atoms with E-state index in [1.165, 1.54) is 15.9 Å². The molecule has 0 spiro atoms. The van der Waals surface area contributed by atoms with E-state index < -0.39 is 8.32 Å². The van der Waals surface area contributed by atoms with Crippen LogP contribution in [-0.2, 0) is 35.3 Å². The minimum absolute atomic E-state index is 0.0663. The van der Waals surface area contributed by atoms with Crippen LogP contribution in [0.1, 0.15) is 36.8 Å². The van der Waals surface area contributed by atoms with Gasteiger partial charge in [-0.1, -0.05) is 51.1 Å². The molecule has 0 radical (unpaired) electrons. The summed E-state index contributed by atoms with van der Waals surface area (Å²) in [5, 5.41) is 0.684. The van der Waals surface area contributed by atoms with Crippen LogP contribution >= 0.6 is 11.3 Å². The zero-order chi connectivity index (χ0) is 24.4. The largest absolute Gasteiger partial charge is 0.415 e. The number of ether oxygens (including phenoxy) is 1. The number of nitrogens with zero attached hydrogens (tertiary/aromatic N) is 2. The van der Waals surface area contributed by atoms with Crippen LogP contribution in [0.2, 0.25) is 18.1 Å². The Morgan fingerprint density at radius 3 is 2.30 bits per heavy atom. The molecule has 180 valence electrons. The van der Waals surface area contributed by atoms with Crippen LogP contribution in [-0.4, -0.2) is 31.2 Å². The van der Waals surface area contributed by atoms with Crippen molar-refractivity contribution < 1.29 is 9.16 Å². The molecule has 0 atom stereocenters. The van der Waals surface area contributed by atoms with Crippen molar-refractivity contribution in [1.82, 2.24) is 9.13 Å². The molecule has 0 saturated heterocycles. The smallest absolute Gasteiger partial charge is 0.332 e. The van der Waals surface area contributed by atoms with Crippen LogP contribution in [0.25, 0.3) is 10.2 Å². The summed E-state index contributed by atoms with van der Waals surface area (Å²) in [7, 11) is -0.335. The molecule has 3 rings (SSSR count). The van der Waals surface area contributed by atoms with Gasteiger partial charge in [0.15, 0.2) is 8.32 Å². The van der Waals surface area contributed by atoms with Gasteiger partial charge in [0.1, 0.15) is 4.83 Å². The predicted octanol–water partition coefficient (Wildman–Crippen LogP) is 4.94. The van der Waals surface area contributed by atoms with Crippen molar-refractivity contribution in [3.63, 3.8) is 0 Å². The Kier molecular flexibility index (Phi) is 7.83. The summed E-state index contributed by atoms with van der Waals surface area (Å²) in [4.78, 5) is 28.7. The first-order valence-electron chi connectivity index (χ1n) is 11.4. The van der Waals surface area contributed by atoms with Crippen LogP contribution in [0, 0.1) is 6.92 Å². The highest BCUT2D eigenvalue weighted by atomic mass is 32.1. The molecule has 0 unspecified atom stereocenters. The number of benzene rings is 1. The van der Waals surface area contributed by atoms with Crippen LogP contribution in [0.5, 0.6) is 0 Å². The highest BCUT2D eigenvalue weighted by Crippen LogP contribution is 2.36. The van der Waals surface area contributed by atoms with Crippen molar-refractivity contribution >= 4 is 29.9 Å². The second-order valence-electron chi connectivity index (χ2n) is 10.00. The summed E-state index contributed by atoms with van der Waals surface area (Å²) < 4.78 is 14.7. The van der Waals surface area contributed by atoms with Crippen molar-refractivity contribution in [2.24, 2.45) is 0 Å². The average molecular weight is 489 g/mol. The Balaban J connectivity index is 2.03. The number of thiophene rings is 1. The van der Waals surface area contributed by atoms with Gasteiger partial charge in [-0.05, 0) is 42.6 Å². The molecule has 2 heterocycles. The molecule has 0 bridgehead atoms. The Morgan fingerprint density at radius 2 is 1.70 bits per heavy atom. The third-order valence-corrected chi connectivity index (χ3v) is 12.5. The quantitative estimate of drug-likeness (QED) is 0.400. The molecule has 0 aliphatic carbocycles. The second kappa shape index (κ2) is 10.1. The van der Waals surface area contributed by atoms with Gasteiger partial charge in [-0.15, -0.1) is 11.3 Å². The van der Waals surface area contributed by atoms with Crippen molar-refractivity contribution in [3.8, 4) is 0 Å². The predicted molar refractivity (Wildman–Crippen MR) is 139 cm³/mol. The first-order valence-corrected chi connectivity index (χ1v) is 15.1. The third-order valence-electron chi connectivity index (χ3n) is 6.72. The molecule has 0 amide bonds. The van der Waals surface area contributed by atoms with Crippen LogP contribution in [0.15, 0.2) is 39.9 Å². The highest BCUT2D eigenvalue weighted by Gasteiger charge is 2.37. The molecule has 1 aromatic carbocycles. The number of fused-ring (bicyclic) bond motifs is 1. The van der Waals surface area contributed by atoms with E-state index in [0.717, 1.165) is 20.8 Å². The summed E-state index contributed by atoms with van der Waals surface area (Å²) in [6.07, 6.45) is 0.713. The van der Waals surface area contributed by atoms with E-state index in [9.17, 15) is 9.59 Å². The zero-order valence-corrected chi connectivity index (χ0v) is 22.7. The van der Waals surface area contributed by atoms with Crippen molar-refractivity contribution in [2.75, 3.05) is 13.7 Å². The Hall–Kier alpha value is -2.00. The Bertz CT molecular complexity index is 1220. The van der Waals surface area contributed by atoms with E-state index in [0.29, 0.717) is 31.6 Å². The van der Waals surface area contributed by atoms with Crippen LogP contribution in [0.4, 0.5) is 0 Å². The summed E-state index contributed by atoms with van der Waals surface area (Å²) in [5.74, 6) is 0. The number of methoxy groups -OCH3 is 1. The summed E-state index contributed by atoms with van der Waals surface area (Å²) in [5.41, 5.74) is 1.55. The molecule has 8 heteroatoms. The fraction of sp³-hybridized carbons (Fsp3) is 0.520. The van der Waals surface area contributed by atoms with Crippen molar-refractivity contribution in [3.05, 3.63) is 67.2 Å². The maximum Gasteiger partial charge on any atom is 0.332 e. The lowest BCUT2D eigenvalue weighted by Gasteiger charge is -2.36. The van der Waals surface area contributed by atoms with Gasteiger partial charge in [-0.3, -0.25) is 13.9 Å². The first-order chi connectivity index (χ1) is 15.5. The standard InChI is InChI=1S/C25H36N2O4SSi/c1-18-20(17-30-5)32-23-21(18)22(28)26(15-16-31-33(6,7)25(2,3)4)24(29)27(23)14-13-19-11-9-8-10-12-19/h8-12H,13-17H2,1-7H3. The minimum Gasteiger partial charge on any atom is -0.415 e. The lowest BCUT2D eigenvalue weighted by molar-refractivity contribution is 0.187. The number of hydrogen-bond acceptors (Lipinski definition) is 5. The van der Waals surface area contributed by atoms with E-state index >= 15 is 0 Å². The molecule has 2 aromatic heterocycles. The lowest BCUT2D eigenvalue weighted by Crippen LogP contribution is -2.44. The van der Waals surface area contributed by atoms with Gasteiger partial charge in [0.25, 0.3) is 5.56 Å². The molecule has 33 heavy (non-hydrogen) atoms. The van der Waals surface area contributed by atoms with Crippen LogP contribution < -0.4 is 11.2 Å². The molecular formula is C25H36N2O4SSi. The SMILES string of the molecule is COCc1sc2c(c1C)c(=O)n(CCO[Si](C)(C)C(C)(C)C)c(=O)n2CCc1ccccc1. The van der Waals surface area contributed by atoms with E-state index in [1.807, 2.05) is 25.1 Å². The highest BCUT2D eigenvalue weighted by molar-refractivity contribution is 7.18. The lowest BCUT2D eigenvalue weighted by atomic mass is 10.1. The van der Waals surface area contributed by atoms with E-state index in [2.05, 4.69) is 46.0 Å². The third kappa shape index (κ3) is 5.40. The number of hydrogen-bond donors (Lipinski definition) is 0. The Morgan fingerprint density at radius 1 is 1.03 bits per heavy atom. The molecule has 0 aliphatic rings. The first kappa shape index (κ1) is 25.6. The van der Waals surface area contributed by atoms with Crippen LogP contribution in [0.3, 0.4) is 0 Å². The van der Waals surface area contributed by atoms with E-state index in [1.54, 1.807) is 11.7 Å². The van der Waals surface area contributed by atoms with Gasteiger partial charge in [-0.25, -0.2) is 4.79 Å². The van der Waals surface area contributed by atoms with Gasteiger partial charge in [0.05, 0.1) is 25.1 Å². The average Bonchev–Trinajstić information content (AvgIpc) is 3.06. The fourth-order valence-corrected chi connectivity index (χ4v) is 5.92. The van der Waals surface area contributed by atoms with Gasteiger partial charge < -0.3 is 9.16 Å². The molecule has 0 aliphatic heterocycles. The normalized spacial score (nSPS) is 12.6. The van der Waals surface area contributed by atoms with E-state index in [-0.39, 0.29) is 22.8 Å². The number of aryl methyl sites for hydroxylation is 3. The van der Waals surface area contributed by atoms with E-state index in [4.69, 9.17) is 9.16 Å². The van der Waals surface area contributed by atoms with Crippen molar-refractivity contribution in [2.45, 2.75) is 71.9 Å². The topological polar surface area (TPSA) is 62.5 Å². The van der Waals surface area contributed by atoms with Crippen molar-refractivity contribution in [1.29, 1.82) is 0 Å². The summed E-state index contributed by atoms with van der Waals surface area (Å²) in [6.45, 7) is 14.4. The van der Waals surface area contributed by atoms with Gasteiger partial charge >= 0.3 is 5.69 Å². The molecule has 0 saturated carbocycles. The molecule has 0 N–H and O–H groups in total.